The molecule has 0 fully saturated rings. The molecule has 0 saturated heterocycles. The third kappa shape index (κ3) is 3.58. The summed E-state index contributed by atoms with van der Waals surface area (Å²) in [6.07, 6.45) is 4.08. The number of benzene rings is 1. The molecule has 0 spiro atoms. The van der Waals surface area contributed by atoms with Gasteiger partial charge in [0.2, 0.25) is 0 Å². The maximum atomic E-state index is 11.4. The van der Waals surface area contributed by atoms with Crippen LogP contribution in [0.25, 0.3) is 10.9 Å². The number of aromatic amines is 1. The number of H-pyrrole nitrogens is 1. The molecule has 4 nitrogen and oxygen atoms in total. The molecule has 0 atom stereocenters. The van der Waals surface area contributed by atoms with Crippen molar-refractivity contribution < 1.29 is 14.3 Å². The van der Waals surface area contributed by atoms with Crippen LogP contribution in [0.3, 0.4) is 0 Å². The lowest BCUT2D eigenvalue weighted by Crippen LogP contribution is -2.01. The first-order chi connectivity index (χ1) is 9.08. The van der Waals surface area contributed by atoms with Crippen LogP contribution < -0.4 is 4.74 Å². The number of nitrogens with one attached hydrogen (secondary N) is 1. The molecule has 0 saturated carbocycles. The van der Waals surface area contributed by atoms with E-state index in [-0.39, 0.29) is 5.69 Å². The van der Waals surface area contributed by atoms with Crippen molar-refractivity contribution in [3.63, 3.8) is 0 Å². The maximum Gasteiger partial charge on any atom is 0.356 e. The zero-order chi connectivity index (χ0) is 14.4. The molecule has 6 heteroatoms. The maximum absolute atomic E-state index is 11.4. The second-order valence-corrected chi connectivity index (χ2v) is 4.82. The fourth-order valence-corrected chi connectivity index (χ4v) is 1.79. The number of hydrogen-bond acceptors (Lipinski definition) is 4. The number of carbonyl (C=O) groups is 1. The summed E-state index contributed by atoms with van der Waals surface area (Å²) in [4.78, 5) is 14.3. The van der Waals surface area contributed by atoms with Gasteiger partial charge in [0.15, 0.2) is 0 Å². The zero-order valence-electron chi connectivity index (χ0n) is 11.2. The van der Waals surface area contributed by atoms with Crippen LogP contribution in [-0.2, 0) is 4.74 Å². The summed E-state index contributed by atoms with van der Waals surface area (Å²) in [7, 11) is 2.88. The van der Waals surface area contributed by atoms with Gasteiger partial charge in [-0.2, -0.15) is 11.8 Å². The van der Waals surface area contributed by atoms with Crippen molar-refractivity contribution in [1.29, 1.82) is 0 Å². The third-order valence-electron chi connectivity index (χ3n) is 2.33. The van der Waals surface area contributed by atoms with Crippen LogP contribution in [0.4, 0.5) is 0 Å². The van der Waals surface area contributed by atoms with Gasteiger partial charge >= 0.3 is 5.97 Å². The van der Waals surface area contributed by atoms with E-state index in [1.807, 2.05) is 12.5 Å². The van der Waals surface area contributed by atoms with Gasteiger partial charge < -0.3 is 14.5 Å². The lowest BCUT2D eigenvalue weighted by Gasteiger charge is -1.98. The highest BCUT2D eigenvalue weighted by Gasteiger charge is 2.16. The normalized spacial score (nSPS) is 9.74. The summed E-state index contributed by atoms with van der Waals surface area (Å²) >= 11 is 7.82. The lowest BCUT2D eigenvalue weighted by atomic mass is 10.2. The summed E-state index contributed by atoms with van der Waals surface area (Å²) in [6, 6.07) is 5.35. The van der Waals surface area contributed by atoms with E-state index in [9.17, 15) is 4.79 Å². The van der Waals surface area contributed by atoms with E-state index in [1.54, 1.807) is 37.1 Å². The van der Waals surface area contributed by atoms with Gasteiger partial charge in [0, 0.05) is 10.9 Å². The van der Waals surface area contributed by atoms with Crippen molar-refractivity contribution in [3.8, 4) is 5.75 Å². The molecule has 1 aromatic carbocycles. The van der Waals surface area contributed by atoms with Gasteiger partial charge in [-0.15, -0.1) is 0 Å². The molecule has 1 aromatic heterocycles. The van der Waals surface area contributed by atoms with E-state index in [1.165, 1.54) is 7.11 Å². The van der Waals surface area contributed by atoms with E-state index in [4.69, 9.17) is 16.3 Å². The van der Waals surface area contributed by atoms with Gasteiger partial charge in [-0.25, -0.2) is 4.79 Å². The van der Waals surface area contributed by atoms with Gasteiger partial charge in [-0.05, 0) is 30.7 Å². The van der Waals surface area contributed by atoms with Gasteiger partial charge in [0.25, 0.3) is 0 Å². The topological polar surface area (TPSA) is 51.3 Å². The van der Waals surface area contributed by atoms with E-state index in [2.05, 4.69) is 9.72 Å². The van der Waals surface area contributed by atoms with Crippen LogP contribution in [-0.4, -0.2) is 37.7 Å². The molecule has 0 aliphatic heterocycles. The average Bonchev–Trinajstić information content (AvgIpc) is 2.75. The number of fused-ring (bicyclic) bond motifs is 1. The Bertz CT molecular complexity index is 568. The highest BCUT2D eigenvalue weighted by atomic mass is 35.5. The molecular weight excluding hydrogens is 286 g/mol. The van der Waals surface area contributed by atoms with E-state index in [0.717, 1.165) is 10.9 Å². The van der Waals surface area contributed by atoms with Gasteiger partial charge in [-0.3, -0.25) is 0 Å². The first kappa shape index (κ1) is 15.7. The van der Waals surface area contributed by atoms with Crippen molar-refractivity contribution in [2.75, 3.05) is 26.7 Å². The molecule has 0 aliphatic rings. The molecular formula is C13H16ClNO3S. The predicted octanol–water partition coefficient (Wildman–Crippen LogP) is 3.60. The first-order valence-electron chi connectivity index (χ1n) is 5.42. The van der Waals surface area contributed by atoms with Gasteiger partial charge in [0.1, 0.15) is 11.4 Å². The van der Waals surface area contributed by atoms with Crippen LogP contribution in [0.1, 0.15) is 10.5 Å². The largest absolute Gasteiger partial charge is 0.497 e. The number of carbonyl (C=O) groups excluding carboxylic acids is 1. The van der Waals surface area contributed by atoms with Crippen LogP contribution in [0, 0.1) is 0 Å². The number of thioether (sulfide) groups is 1. The van der Waals surface area contributed by atoms with Crippen LogP contribution in [0.15, 0.2) is 18.2 Å². The number of halogens is 1. The Kier molecular flexibility index (Phi) is 6.05. The van der Waals surface area contributed by atoms with Crippen molar-refractivity contribution in [2.24, 2.45) is 0 Å². The summed E-state index contributed by atoms with van der Waals surface area (Å²) < 4.78 is 9.70. The standard InChI is InChI=1S/C11H10ClNO3.C2H6S/c1-15-6-3-4-8-7(5-6)9(12)10(13-8)11(14)16-2;1-3-2/h3-5,13H,1-2H3;1-2H3. The molecule has 2 rings (SSSR count). The Labute approximate surface area is 121 Å². The Morgan fingerprint density at radius 1 is 1.32 bits per heavy atom. The molecule has 0 unspecified atom stereocenters. The number of methoxy groups -OCH3 is 2. The fraction of sp³-hybridized carbons (Fsp3) is 0.308. The van der Waals surface area contributed by atoms with E-state index < -0.39 is 5.97 Å². The molecule has 19 heavy (non-hydrogen) atoms. The summed E-state index contributed by atoms with van der Waals surface area (Å²) in [5.74, 6) is 0.199. The minimum absolute atomic E-state index is 0.257. The molecule has 2 aromatic rings. The average molecular weight is 302 g/mol. The summed E-state index contributed by atoms with van der Waals surface area (Å²) in [5.41, 5.74) is 1.03. The van der Waals surface area contributed by atoms with Crippen LogP contribution in [0.2, 0.25) is 5.02 Å². The highest BCUT2D eigenvalue weighted by Crippen LogP contribution is 2.30. The van der Waals surface area contributed by atoms with Crippen molar-refractivity contribution >= 4 is 40.2 Å². The number of ether oxygens (including phenoxy) is 2. The number of esters is 1. The zero-order valence-corrected chi connectivity index (χ0v) is 12.8. The van der Waals surface area contributed by atoms with E-state index in [0.29, 0.717) is 10.8 Å². The Morgan fingerprint density at radius 2 is 1.95 bits per heavy atom. The summed E-state index contributed by atoms with van der Waals surface area (Å²) in [6.45, 7) is 0. The SMILES string of the molecule is COC(=O)c1[nH]c2ccc(OC)cc2c1Cl.CSC. The quantitative estimate of drug-likeness (QED) is 0.861. The minimum Gasteiger partial charge on any atom is -0.497 e. The smallest absolute Gasteiger partial charge is 0.356 e. The lowest BCUT2D eigenvalue weighted by molar-refractivity contribution is 0.0595. The van der Waals surface area contributed by atoms with Crippen molar-refractivity contribution in [2.45, 2.75) is 0 Å². The Morgan fingerprint density at radius 3 is 2.47 bits per heavy atom. The minimum atomic E-state index is -0.486. The number of aromatic nitrogens is 1. The van der Waals surface area contributed by atoms with Gasteiger partial charge in [0.05, 0.1) is 19.2 Å². The number of hydrogen-bond donors (Lipinski definition) is 1. The molecule has 104 valence electrons. The molecule has 0 amide bonds. The molecule has 0 aliphatic carbocycles. The van der Waals surface area contributed by atoms with Crippen molar-refractivity contribution in [3.05, 3.63) is 28.9 Å². The highest BCUT2D eigenvalue weighted by molar-refractivity contribution is 7.97. The number of rotatable bonds is 2. The predicted molar refractivity (Wildman–Crippen MR) is 80.6 cm³/mol. The van der Waals surface area contributed by atoms with Crippen molar-refractivity contribution in [1.82, 2.24) is 4.98 Å². The van der Waals surface area contributed by atoms with Crippen LogP contribution in [0.5, 0.6) is 5.75 Å². The summed E-state index contributed by atoms with van der Waals surface area (Å²) in [5, 5.41) is 1.09. The molecule has 0 bridgehead atoms. The molecule has 0 radical (unpaired) electrons. The molecule has 1 heterocycles. The fourth-order valence-electron chi connectivity index (χ4n) is 1.51. The second-order valence-electron chi connectivity index (χ2n) is 3.63. The van der Waals surface area contributed by atoms with Gasteiger partial charge in [-0.1, -0.05) is 11.6 Å². The second kappa shape index (κ2) is 7.31. The van der Waals surface area contributed by atoms with E-state index >= 15 is 0 Å². The molecule has 1 N–H and O–H groups in total. The third-order valence-corrected chi connectivity index (χ3v) is 2.72. The monoisotopic (exact) mass is 301 g/mol. The van der Waals surface area contributed by atoms with Crippen LogP contribution >= 0.6 is 23.4 Å². The Hall–Kier alpha value is -1.33. The Balaban J connectivity index is 0.000000550. The first-order valence-corrected chi connectivity index (χ1v) is 7.43.